The van der Waals surface area contributed by atoms with Gasteiger partial charge in [-0.3, -0.25) is 4.79 Å². The molecule has 1 aromatic carbocycles. The van der Waals surface area contributed by atoms with Gasteiger partial charge >= 0.3 is 6.09 Å². The van der Waals surface area contributed by atoms with Gasteiger partial charge in [0.25, 0.3) is 0 Å². The third-order valence-corrected chi connectivity index (χ3v) is 3.91. The normalized spacial score (nSPS) is 14.4. The van der Waals surface area contributed by atoms with Crippen molar-refractivity contribution in [3.8, 4) is 6.07 Å². The molecule has 0 unspecified atom stereocenters. The fraction of sp³-hybridized carbons (Fsp3) is 0.550. The van der Waals surface area contributed by atoms with Gasteiger partial charge in [-0.15, -0.1) is 0 Å². The maximum Gasteiger partial charge on any atom is 0.408 e. The summed E-state index contributed by atoms with van der Waals surface area (Å²) in [7, 11) is 0. The predicted molar refractivity (Wildman–Crippen MR) is 105 cm³/mol. The van der Waals surface area contributed by atoms with E-state index in [9.17, 15) is 9.59 Å². The van der Waals surface area contributed by atoms with Crippen LogP contribution in [0.5, 0.6) is 0 Å². The highest BCUT2D eigenvalue weighted by molar-refractivity contribution is 5.84. The molecule has 0 saturated carbocycles. The summed E-state index contributed by atoms with van der Waals surface area (Å²) in [6.45, 7) is 9.19. The number of nitrogens with one attached hydrogen (secondary N) is 1. The molecule has 3 N–H and O–H groups in total. The second kappa shape index (κ2) is 10.4. The van der Waals surface area contributed by atoms with Gasteiger partial charge < -0.3 is 20.7 Å². The number of nitrogens with zero attached hydrogens (tertiary/aromatic N) is 2. The van der Waals surface area contributed by atoms with Crippen LogP contribution in [0.2, 0.25) is 0 Å². The molecule has 0 aromatic heterocycles. The van der Waals surface area contributed by atoms with Crippen LogP contribution in [0.25, 0.3) is 0 Å². The minimum Gasteiger partial charge on any atom is -0.444 e. The first-order valence-electron chi connectivity index (χ1n) is 9.20. The summed E-state index contributed by atoms with van der Waals surface area (Å²) >= 11 is 0. The first-order valence-corrected chi connectivity index (χ1v) is 9.20. The Labute approximate surface area is 161 Å². The van der Waals surface area contributed by atoms with Gasteiger partial charge in [0.1, 0.15) is 17.7 Å². The number of hydrogen-bond donors (Lipinski definition) is 2. The summed E-state index contributed by atoms with van der Waals surface area (Å²) in [5.74, 6) is -0.557. The molecule has 0 radical (unpaired) electrons. The molecule has 1 aliphatic rings. The Morgan fingerprint density at radius 3 is 2.37 bits per heavy atom. The summed E-state index contributed by atoms with van der Waals surface area (Å²) in [6, 6.07) is 9.39. The molecule has 1 aromatic rings. The molecule has 7 heteroatoms. The number of nitriles is 1. The van der Waals surface area contributed by atoms with E-state index in [1.807, 2.05) is 24.3 Å². The highest BCUT2D eigenvalue weighted by Gasteiger charge is 2.21. The minimum absolute atomic E-state index is 0.453. The fourth-order valence-corrected chi connectivity index (χ4v) is 2.63. The maximum absolute atomic E-state index is 11.2. The number of amides is 2. The summed E-state index contributed by atoms with van der Waals surface area (Å²) < 4.78 is 4.96. The number of ether oxygens (including phenoxy) is 1. The van der Waals surface area contributed by atoms with Gasteiger partial charge in [0.15, 0.2) is 0 Å². The van der Waals surface area contributed by atoms with E-state index in [1.54, 1.807) is 27.7 Å². The number of benzene rings is 1. The van der Waals surface area contributed by atoms with Crippen molar-refractivity contribution in [2.75, 3.05) is 18.0 Å². The van der Waals surface area contributed by atoms with Gasteiger partial charge in [-0.25, -0.2) is 4.79 Å². The lowest BCUT2D eigenvalue weighted by atomic mass is 10.2. The van der Waals surface area contributed by atoms with E-state index >= 15 is 0 Å². The van der Waals surface area contributed by atoms with Crippen LogP contribution >= 0.6 is 0 Å². The maximum atomic E-state index is 11.2. The number of anilines is 1. The fourth-order valence-electron chi connectivity index (χ4n) is 2.63. The summed E-state index contributed by atoms with van der Waals surface area (Å²) in [5, 5.41) is 11.3. The van der Waals surface area contributed by atoms with Crippen molar-refractivity contribution < 1.29 is 14.3 Å². The molecule has 2 amide bonds. The summed E-state index contributed by atoms with van der Waals surface area (Å²) in [4.78, 5) is 24.3. The monoisotopic (exact) mass is 374 g/mol. The van der Waals surface area contributed by atoms with E-state index in [0.717, 1.165) is 24.3 Å². The van der Waals surface area contributed by atoms with Crippen LogP contribution in [-0.4, -0.2) is 36.7 Å². The van der Waals surface area contributed by atoms with Crippen molar-refractivity contribution in [2.45, 2.75) is 58.6 Å². The first kappa shape index (κ1) is 22.3. The lowest BCUT2D eigenvalue weighted by Crippen LogP contribution is -2.45. The van der Waals surface area contributed by atoms with Crippen LogP contribution in [-0.2, 0) is 9.53 Å². The topological polar surface area (TPSA) is 108 Å². The van der Waals surface area contributed by atoms with Crippen molar-refractivity contribution in [3.63, 3.8) is 0 Å². The lowest BCUT2D eigenvalue weighted by Gasteiger charge is -2.21. The SMILES string of the molecule is CC[C@H](NC(=O)OC(C)(C)C)C(N)=O.N#Cc1ccccc1N1CCCC1. The second-order valence-electron chi connectivity index (χ2n) is 7.33. The van der Waals surface area contributed by atoms with Gasteiger partial charge in [0.05, 0.1) is 11.3 Å². The average Bonchev–Trinajstić information content (AvgIpc) is 3.13. The summed E-state index contributed by atoms with van der Waals surface area (Å²) in [5.41, 5.74) is 6.38. The number of para-hydroxylation sites is 1. The molecular formula is C20H30N4O3. The van der Waals surface area contributed by atoms with Crippen molar-refractivity contribution in [3.05, 3.63) is 29.8 Å². The van der Waals surface area contributed by atoms with Crippen LogP contribution in [0.4, 0.5) is 10.5 Å². The molecule has 2 rings (SSSR count). The van der Waals surface area contributed by atoms with E-state index in [-0.39, 0.29) is 0 Å². The van der Waals surface area contributed by atoms with Crippen molar-refractivity contribution in [1.29, 1.82) is 5.26 Å². The number of alkyl carbamates (subject to hydrolysis) is 1. The van der Waals surface area contributed by atoms with Crippen molar-refractivity contribution in [1.82, 2.24) is 5.32 Å². The number of rotatable bonds is 4. The van der Waals surface area contributed by atoms with E-state index < -0.39 is 23.6 Å². The van der Waals surface area contributed by atoms with Gasteiger partial charge in [-0.05, 0) is 52.2 Å². The van der Waals surface area contributed by atoms with E-state index in [1.165, 1.54) is 12.8 Å². The minimum atomic E-state index is -0.662. The lowest BCUT2D eigenvalue weighted by molar-refractivity contribution is -0.120. The zero-order valence-corrected chi connectivity index (χ0v) is 16.6. The van der Waals surface area contributed by atoms with E-state index in [4.69, 9.17) is 15.7 Å². The number of hydrogen-bond acceptors (Lipinski definition) is 5. The largest absolute Gasteiger partial charge is 0.444 e. The Kier molecular flexibility index (Phi) is 8.60. The van der Waals surface area contributed by atoms with Gasteiger partial charge in [-0.2, -0.15) is 5.26 Å². The Balaban J connectivity index is 0.000000270. The number of carbonyl (C=O) groups excluding carboxylic acids is 2. The molecule has 1 aliphatic heterocycles. The molecule has 1 atom stereocenters. The number of primary amides is 1. The van der Waals surface area contributed by atoms with Crippen LogP contribution in [0.15, 0.2) is 24.3 Å². The molecular weight excluding hydrogens is 344 g/mol. The van der Waals surface area contributed by atoms with Crippen molar-refractivity contribution in [2.24, 2.45) is 5.73 Å². The third kappa shape index (κ3) is 7.99. The van der Waals surface area contributed by atoms with Gasteiger partial charge in [-0.1, -0.05) is 19.1 Å². The van der Waals surface area contributed by atoms with Crippen molar-refractivity contribution >= 4 is 17.7 Å². The third-order valence-electron chi connectivity index (χ3n) is 3.91. The summed E-state index contributed by atoms with van der Waals surface area (Å²) in [6.07, 6.45) is 2.33. The molecule has 148 valence electrons. The second-order valence-corrected chi connectivity index (χ2v) is 7.33. The molecule has 27 heavy (non-hydrogen) atoms. The Morgan fingerprint density at radius 2 is 1.89 bits per heavy atom. The Bertz CT molecular complexity index is 671. The molecule has 1 heterocycles. The van der Waals surface area contributed by atoms with Gasteiger partial charge in [0, 0.05) is 13.1 Å². The molecule has 0 bridgehead atoms. The molecule has 1 saturated heterocycles. The Hall–Kier alpha value is -2.75. The standard InChI is InChI=1S/C11H12N2.C9H18N2O3/c12-9-10-5-1-2-6-11(10)13-7-3-4-8-13;1-5-6(7(10)12)11-8(13)14-9(2,3)4/h1-2,5-6H,3-4,7-8H2;6H,5H2,1-4H3,(H2,10,12)(H,11,13)/t;6-/m.0/s1. The van der Waals surface area contributed by atoms with E-state index in [0.29, 0.717) is 6.42 Å². The highest BCUT2D eigenvalue weighted by Crippen LogP contribution is 2.23. The van der Waals surface area contributed by atoms with Crippen LogP contribution in [0, 0.1) is 11.3 Å². The number of carbonyl (C=O) groups is 2. The first-order chi connectivity index (χ1) is 12.7. The van der Waals surface area contributed by atoms with E-state index in [2.05, 4.69) is 16.3 Å². The van der Waals surface area contributed by atoms with Crippen LogP contribution < -0.4 is 16.0 Å². The van der Waals surface area contributed by atoms with Crippen LogP contribution in [0.3, 0.4) is 0 Å². The highest BCUT2D eigenvalue weighted by atomic mass is 16.6. The quantitative estimate of drug-likeness (QED) is 0.842. The smallest absolute Gasteiger partial charge is 0.408 e. The number of nitrogens with two attached hydrogens (primary N) is 1. The molecule has 0 spiro atoms. The molecule has 7 nitrogen and oxygen atoms in total. The predicted octanol–water partition coefficient (Wildman–Crippen LogP) is 2.93. The molecule has 0 aliphatic carbocycles. The Morgan fingerprint density at radius 1 is 1.30 bits per heavy atom. The average molecular weight is 374 g/mol. The zero-order chi connectivity index (χ0) is 20.4. The zero-order valence-electron chi connectivity index (χ0n) is 16.6. The van der Waals surface area contributed by atoms with Crippen LogP contribution in [0.1, 0.15) is 52.5 Å². The molecule has 1 fully saturated rings. The van der Waals surface area contributed by atoms with Gasteiger partial charge in [0.2, 0.25) is 5.91 Å².